The second-order valence-corrected chi connectivity index (χ2v) is 6.84. The Morgan fingerprint density at radius 2 is 1.55 bits per heavy atom. The molecule has 0 radical (unpaired) electrons. The molecule has 0 rings (SSSR count). The van der Waals surface area contributed by atoms with Gasteiger partial charge in [-0.2, -0.15) is 13.2 Å². The molecule has 0 saturated carbocycles. The molecule has 0 atom stereocenters. The average Bonchev–Trinajstić information content (AvgIpc) is 2.21. The highest BCUT2D eigenvalue weighted by atomic mass is 32.2. The minimum absolute atomic E-state index is 0.0127. The first kappa shape index (κ1) is 19.7. The van der Waals surface area contributed by atoms with E-state index in [1.165, 1.54) is 0 Å². The number of rotatable bonds is 10. The quantitative estimate of drug-likeness (QED) is 0.630. The first-order valence-corrected chi connectivity index (χ1v) is 8.40. The summed E-state index contributed by atoms with van der Waals surface area (Å²) in [6.45, 7) is 3.32. The maximum Gasteiger partial charge on any atom is 0.391 e. The maximum atomic E-state index is 12.0. The topological polar surface area (TPSA) is 69.4 Å². The summed E-state index contributed by atoms with van der Waals surface area (Å²) >= 11 is 0. The van der Waals surface area contributed by atoms with Crippen LogP contribution in [0, 0.1) is 5.41 Å². The Balaban J connectivity index is 4.66. The summed E-state index contributed by atoms with van der Waals surface area (Å²) in [5.74, 6) is -0.256. The Kier molecular flexibility index (Phi) is 8.05. The molecule has 8 heteroatoms. The second-order valence-electron chi connectivity index (χ2n) is 5.22. The molecule has 0 saturated heterocycles. The van der Waals surface area contributed by atoms with Crippen LogP contribution in [0.25, 0.3) is 0 Å². The van der Waals surface area contributed by atoms with Crippen molar-refractivity contribution in [1.82, 2.24) is 0 Å². The highest BCUT2D eigenvalue weighted by Crippen LogP contribution is 2.32. The lowest BCUT2D eigenvalue weighted by Gasteiger charge is -2.32. The van der Waals surface area contributed by atoms with Gasteiger partial charge in [-0.05, 0) is 12.8 Å². The van der Waals surface area contributed by atoms with Crippen LogP contribution in [0.4, 0.5) is 13.2 Å². The number of hydrogen-bond acceptors (Lipinski definition) is 3. The molecule has 0 bridgehead atoms. The molecule has 0 unspecified atom stereocenters. The molecule has 0 aromatic heterocycles. The van der Waals surface area contributed by atoms with Crippen molar-refractivity contribution in [2.45, 2.75) is 52.1 Å². The van der Waals surface area contributed by atoms with Crippen molar-refractivity contribution < 1.29 is 26.3 Å². The third kappa shape index (κ3) is 9.55. The van der Waals surface area contributed by atoms with Gasteiger partial charge in [0.05, 0.1) is 25.4 Å². The van der Waals surface area contributed by atoms with Gasteiger partial charge in [-0.15, -0.1) is 0 Å². The van der Waals surface area contributed by atoms with Crippen LogP contribution in [0.15, 0.2) is 0 Å². The number of ether oxygens (including phenoxy) is 1. The van der Waals surface area contributed by atoms with Gasteiger partial charge in [-0.3, -0.25) is 0 Å². The zero-order valence-electron chi connectivity index (χ0n) is 12.0. The zero-order valence-corrected chi connectivity index (χ0v) is 12.8. The molecular weight excluding hydrogens is 295 g/mol. The summed E-state index contributed by atoms with van der Waals surface area (Å²) in [4.78, 5) is 0. The lowest BCUT2D eigenvalue weighted by Crippen LogP contribution is -2.38. The van der Waals surface area contributed by atoms with Gasteiger partial charge in [-0.1, -0.05) is 26.7 Å². The van der Waals surface area contributed by atoms with Crippen molar-refractivity contribution >= 4 is 10.0 Å². The molecule has 0 aromatic rings. The van der Waals surface area contributed by atoms with Gasteiger partial charge < -0.3 is 4.74 Å². The highest BCUT2D eigenvalue weighted by Gasteiger charge is 2.34. The van der Waals surface area contributed by atoms with Crippen LogP contribution < -0.4 is 5.14 Å². The fraction of sp³-hybridized carbons (Fsp3) is 1.00. The van der Waals surface area contributed by atoms with Crippen LogP contribution >= 0.6 is 0 Å². The van der Waals surface area contributed by atoms with E-state index in [9.17, 15) is 21.6 Å². The van der Waals surface area contributed by atoms with Gasteiger partial charge >= 0.3 is 6.18 Å². The van der Waals surface area contributed by atoms with E-state index in [2.05, 4.69) is 0 Å². The SMILES string of the molecule is CCCC(CCC)(COCCC(F)(F)F)CS(N)(=O)=O. The number of halogens is 3. The normalized spacial score (nSPS) is 13.7. The average molecular weight is 319 g/mol. The van der Waals surface area contributed by atoms with Gasteiger partial charge in [0.15, 0.2) is 0 Å². The molecule has 0 spiro atoms. The molecule has 20 heavy (non-hydrogen) atoms. The first-order valence-electron chi connectivity index (χ1n) is 6.68. The third-order valence-corrected chi connectivity index (χ3v) is 4.02. The molecule has 0 heterocycles. The highest BCUT2D eigenvalue weighted by molar-refractivity contribution is 7.89. The number of primary sulfonamides is 1. The summed E-state index contributed by atoms with van der Waals surface area (Å²) < 4.78 is 63.9. The van der Waals surface area contributed by atoms with Crippen LogP contribution in [-0.2, 0) is 14.8 Å². The van der Waals surface area contributed by atoms with Crippen LogP contribution in [0.3, 0.4) is 0 Å². The van der Waals surface area contributed by atoms with E-state index in [1.807, 2.05) is 13.8 Å². The Morgan fingerprint density at radius 3 is 1.90 bits per heavy atom. The Morgan fingerprint density at radius 1 is 1.05 bits per heavy atom. The van der Waals surface area contributed by atoms with Crippen molar-refractivity contribution in [3.63, 3.8) is 0 Å². The molecule has 0 aliphatic heterocycles. The Bertz CT molecular complexity index is 363. The van der Waals surface area contributed by atoms with Crippen molar-refractivity contribution in [1.29, 1.82) is 0 Å². The largest absolute Gasteiger partial charge is 0.391 e. The molecule has 122 valence electrons. The van der Waals surface area contributed by atoms with E-state index in [1.54, 1.807) is 0 Å². The summed E-state index contributed by atoms with van der Waals surface area (Å²) in [7, 11) is -3.69. The van der Waals surface area contributed by atoms with Gasteiger partial charge in [0.1, 0.15) is 0 Å². The molecule has 2 N–H and O–H groups in total. The van der Waals surface area contributed by atoms with E-state index < -0.39 is 34.6 Å². The lowest BCUT2D eigenvalue weighted by molar-refractivity contribution is -0.147. The fourth-order valence-corrected chi connectivity index (χ4v) is 3.64. The standard InChI is InChI=1S/C12H24F3NO3S/c1-3-5-11(6-4-2,10-20(16,17)18)9-19-8-7-12(13,14)15/h3-10H2,1-2H3,(H2,16,17,18). The Hall–Kier alpha value is -0.340. The van der Waals surface area contributed by atoms with Crippen LogP contribution in [0.1, 0.15) is 46.0 Å². The Labute approximate surface area is 118 Å². The molecular formula is C12H24F3NO3S. The van der Waals surface area contributed by atoms with Gasteiger partial charge in [0, 0.05) is 5.41 Å². The van der Waals surface area contributed by atoms with Crippen LogP contribution in [0.2, 0.25) is 0 Å². The van der Waals surface area contributed by atoms with E-state index in [0.717, 1.165) is 12.8 Å². The molecule has 0 aliphatic rings. The fourth-order valence-electron chi connectivity index (χ4n) is 2.42. The summed E-state index contributed by atoms with van der Waals surface area (Å²) in [5.41, 5.74) is -0.692. The van der Waals surface area contributed by atoms with E-state index >= 15 is 0 Å². The summed E-state index contributed by atoms with van der Waals surface area (Å²) in [6.07, 6.45) is -2.74. The number of hydrogen-bond donors (Lipinski definition) is 1. The number of sulfonamides is 1. The monoisotopic (exact) mass is 319 g/mol. The minimum atomic E-state index is -4.27. The van der Waals surface area contributed by atoms with E-state index in [-0.39, 0.29) is 12.4 Å². The predicted molar refractivity (Wildman–Crippen MR) is 71.7 cm³/mol. The lowest BCUT2D eigenvalue weighted by atomic mass is 9.82. The smallest absolute Gasteiger partial charge is 0.380 e. The van der Waals surface area contributed by atoms with Gasteiger partial charge in [-0.25, -0.2) is 13.6 Å². The molecule has 0 amide bonds. The number of nitrogens with two attached hydrogens (primary N) is 1. The van der Waals surface area contributed by atoms with E-state index in [4.69, 9.17) is 9.88 Å². The summed E-state index contributed by atoms with van der Waals surface area (Å²) in [6, 6.07) is 0. The molecule has 0 fully saturated rings. The molecule has 0 aromatic carbocycles. The molecule has 0 aliphatic carbocycles. The minimum Gasteiger partial charge on any atom is -0.380 e. The first-order chi connectivity index (χ1) is 9.04. The van der Waals surface area contributed by atoms with Crippen LogP contribution in [0.5, 0.6) is 0 Å². The van der Waals surface area contributed by atoms with Crippen molar-refractivity contribution in [2.24, 2.45) is 10.6 Å². The van der Waals surface area contributed by atoms with Crippen molar-refractivity contribution in [2.75, 3.05) is 19.0 Å². The van der Waals surface area contributed by atoms with E-state index in [0.29, 0.717) is 12.8 Å². The molecule has 4 nitrogen and oxygen atoms in total. The second kappa shape index (κ2) is 8.19. The van der Waals surface area contributed by atoms with Gasteiger partial charge in [0.2, 0.25) is 10.0 Å². The predicted octanol–water partition coefficient (Wildman–Crippen LogP) is 2.83. The van der Waals surface area contributed by atoms with Crippen LogP contribution in [-0.4, -0.2) is 33.6 Å². The number of alkyl halides is 3. The zero-order chi connectivity index (χ0) is 15.9. The van der Waals surface area contributed by atoms with Gasteiger partial charge in [0.25, 0.3) is 0 Å². The van der Waals surface area contributed by atoms with Crippen molar-refractivity contribution in [3.05, 3.63) is 0 Å². The maximum absolute atomic E-state index is 12.0. The van der Waals surface area contributed by atoms with Crippen molar-refractivity contribution in [3.8, 4) is 0 Å². The third-order valence-electron chi connectivity index (χ3n) is 3.01. The summed E-state index contributed by atoms with van der Waals surface area (Å²) in [5, 5.41) is 5.09.